The lowest BCUT2D eigenvalue weighted by atomic mass is 9.88. The van der Waals surface area contributed by atoms with Gasteiger partial charge in [-0.3, -0.25) is 19.4 Å². The Bertz CT molecular complexity index is 1620. The summed E-state index contributed by atoms with van der Waals surface area (Å²) in [6.07, 6.45) is 5.03. The number of hydrogen-bond acceptors (Lipinski definition) is 7. The number of Topliss-reactive ketones (excluding diaryl/α,β-unsaturated/α-hetero) is 1. The molecule has 0 aliphatic carbocycles. The van der Waals surface area contributed by atoms with Crippen molar-refractivity contribution in [2.24, 2.45) is 10.4 Å². The molecule has 8 nitrogen and oxygen atoms in total. The van der Waals surface area contributed by atoms with E-state index in [-0.39, 0.29) is 23.0 Å². The summed E-state index contributed by atoms with van der Waals surface area (Å²) in [5.74, 6) is 0.0383. The molecule has 3 aromatic rings. The smallest absolute Gasteiger partial charge is 0.264 e. The number of pyridine rings is 1. The molecule has 5 rings (SSSR count). The second-order valence-corrected chi connectivity index (χ2v) is 13.4. The maximum atomic E-state index is 12.8. The highest BCUT2D eigenvalue weighted by atomic mass is 35.5. The number of anilines is 1. The van der Waals surface area contributed by atoms with E-state index in [0.29, 0.717) is 71.2 Å². The highest BCUT2D eigenvalue weighted by Gasteiger charge is 2.26. The maximum Gasteiger partial charge on any atom is 0.264 e. The van der Waals surface area contributed by atoms with Gasteiger partial charge in [0, 0.05) is 61.7 Å². The Balaban J connectivity index is 1.26. The molecule has 2 aliphatic heterocycles. The van der Waals surface area contributed by atoms with E-state index in [0.717, 1.165) is 22.2 Å². The lowest BCUT2D eigenvalue weighted by molar-refractivity contribution is -0.132. The number of carbonyl (C=O) groups excluding carboxylic acids is 3. The molecule has 0 radical (unpaired) electrons. The van der Waals surface area contributed by atoms with Crippen LogP contribution in [0.1, 0.15) is 45.6 Å². The maximum absolute atomic E-state index is 12.8. The Kier molecular flexibility index (Phi) is 9.44. The number of rotatable bonds is 7. The number of carbonyl (C=O) groups is 3. The first-order valence-corrected chi connectivity index (χ1v) is 15.8. The van der Waals surface area contributed by atoms with Gasteiger partial charge in [0.05, 0.1) is 20.5 Å². The lowest BCUT2D eigenvalue weighted by Gasteiger charge is -2.36. The molecule has 2 aliphatic rings. The van der Waals surface area contributed by atoms with Crippen molar-refractivity contribution in [3.05, 3.63) is 69.2 Å². The van der Waals surface area contributed by atoms with Crippen molar-refractivity contribution < 1.29 is 14.4 Å². The van der Waals surface area contributed by atoms with Crippen molar-refractivity contribution in [3.63, 3.8) is 0 Å². The minimum absolute atomic E-state index is 0.0990. The molecule has 2 aromatic carbocycles. The van der Waals surface area contributed by atoms with Gasteiger partial charge in [-0.2, -0.15) is 0 Å². The quantitative estimate of drug-likeness (QED) is 0.284. The number of amides is 2. The van der Waals surface area contributed by atoms with Gasteiger partial charge in [0.25, 0.3) is 5.91 Å². The van der Waals surface area contributed by atoms with Crippen LogP contribution in [0.2, 0.25) is 10.0 Å². The first-order valence-electron chi connectivity index (χ1n) is 14.2. The topological polar surface area (TPSA) is 95.0 Å². The highest BCUT2D eigenvalue weighted by Crippen LogP contribution is 2.36. The standard InChI is InChI=1S/C32H33Cl2N5O3S/c1-32(2,3)27(40)8-5-9-28(41)39-16-14-38(15-17-39)25-12-13-35-24-11-10-20(18-21(24)25)19-26-30(42)37-31(43-26)36-29-22(33)6-4-7-23(29)34/h4,6-7,10-13,18-19H,5,8-9,14-17H2,1-3H3,(H,36,37,42). The molecule has 3 heterocycles. The molecule has 11 heteroatoms. The summed E-state index contributed by atoms with van der Waals surface area (Å²) in [4.78, 5) is 51.4. The van der Waals surface area contributed by atoms with E-state index in [9.17, 15) is 14.4 Å². The number of amidine groups is 1. The normalized spacial score (nSPS) is 17.7. The molecule has 0 unspecified atom stereocenters. The van der Waals surface area contributed by atoms with Crippen LogP contribution in [0.3, 0.4) is 0 Å². The summed E-state index contributed by atoms with van der Waals surface area (Å²) >= 11 is 13.7. The Hall–Kier alpha value is -3.40. The monoisotopic (exact) mass is 637 g/mol. The predicted octanol–water partition coefficient (Wildman–Crippen LogP) is 6.87. The Labute approximate surface area is 265 Å². The van der Waals surface area contributed by atoms with E-state index < -0.39 is 0 Å². The molecule has 2 amide bonds. The van der Waals surface area contributed by atoms with Gasteiger partial charge >= 0.3 is 0 Å². The van der Waals surface area contributed by atoms with Gasteiger partial charge in [-0.1, -0.05) is 56.1 Å². The summed E-state index contributed by atoms with van der Waals surface area (Å²) in [5.41, 5.74) is 2.78. The molecule has 0 saturated carbocycles. The average molecular weight is 639 g/mol. The van der Waals surface area contributed by atoms with Crippen molar-refractivity contribution in [1.82, 2.24) is 15.2 Å². The van der Waals surface area contributed by atoms with Crippen molar-refractivity contribution in [2.45, 2.75) is 40.0 Å². The molecule has 0 spiro atoms. The predicted molar refractivity (Wildman–Crippen MR) is 176 cm³/mol. The minimum atomic E-state index is -0.371. The van der Waals surface area contributed by atoms with Gasteiger partial charge in [-0.05, 0) is 60.2 Å². The molecule has 2 saturated heterocycles. The summed E-state index contributed by atoms with van der Waals surface area (Å²) in [5, 5.41) is 4.96. The van der Waals surface area contributed by atoms with Crippen LogP contribution >= 0.6 is 35.0 Å². The zero-order chi connectivity index (χ0) is 30.7. The Morgan fingerprint density at radius 1 is 1.05 bits per heavy atom. The van der Waals surface area contributed by atoms with Crippen molar-refractivity contribution in [1.29, 1.82) is 0 Å². The van der Waals surface area contributed by atoms with Gasteiger partial charge in [0.2, 0.25) is 5.91 Å². The van der Waals surface area contributed by atoms with Gasteiger partial charge in [0.1, 0.15) is 11.5 Å². The van der Waals surface area contributed by atoms with Gasteiger partial charge in [0.15, 0.2) is 5.17 Å². The first kappa shape index (κ1) is 31.0. The number of aromatic nitrogens is 1. The van der Waals surface area contributed by atoms with E-state index in [2.05, 4.69) is 20.2 Å². The Morgan fingerprint density at radius 2 is 1.77 bits per heavy atom. The van der Waals surface area contributed by atoms with Gasteiger partial charge < -0.3 is 15.1 Å². The third-order valence-corrected chi connectivity index (χ3v) is 8.97. The minimum Gasteiger partial charge on any atom is -0.367 e. The molecule has 0 atom stereocenters. The van der Waals surface area contributed by atoms with Gasteiger partial charge in [-0.25, -0.2) is 4.99 Å². The Morgan fingerprint density at radius 3 is 2.47 bits per heavy atom. The second kappa shape index (κ2) is 13.1. The van der Waals surface area contributed by atoms with Crippen LogP contribution in [-0.4, -0.2) is 58.8 Å². The third-order valence-electron chi connectivity index (χ3n) is 7.45. The SMILES string of the molecule is CC(C)(C)C(=O)CCCC(=O)N1CCN(c2ccnc3ccc(C=C4SC(=Nc5c(Cl)cccc5Cl)NC4=O)cc23)CC1. The lowest BCUT2D eigenvalue weighted by Crippen LogP contribution is -2.48. The van der Waals surface area contributed by atoms with E-state index in [4.69, 9.17) is 23.2 Å². The van der Waals surface area contributed by atoms with Crippen molar-refractivity contribution in [3.8, 4) is 0 Å². The molecule has 2 fully saturated rings. The first-order chi connectivity index (χ1) is 20.5. The number of halogens is 2. The number of benzene rings is 2. The van der Waals surface area contributed by atoms with Crippen LogP contribution < -0.4 is 10.2 Å². The molecule has 1 N–H and O–H groups in total. The van der Waals surface area contributed by atoms with Crippen molar-refractivity contribution >= 4 is 86.1 Å². The molecular weight excluding hydrogens is 605 g/mol. The molecule has 224 valence electrons. The fourth-order valence-corrected chi connectivity index (χ4v) is 6.28. The van der Waals surface area contributed by atoms with E-state index in [1.807, 2.05) is 56.0 Å². The van der Waals surface area contributed by atoms with E-state index in [1.165, 1.54) is 11.8 Å². The number of piperazine rings is 1. The number of fused-ring (bicyclic) bond motifs is 1. The van der Waals surface area contributed by atoms with Crippen LogP contribution in [0.15, 0.2) is 58.6 Å². The van der Waals surface area contributed by atoms with Crippen LogP contribution in [0.25, 0.3) is 17.0 Å². The van der Waals surface area contributed by atoms with Crippen LogP contribution in [0.5, 0.6) is 0 Å². The summed E-state index contributed by atoms with van der Waals surface area (Å²) in [7, 11) is 0. The number of para-hydroxylation sites is 1. The molecule has 1 aromatic heterocycles. The van der Waals surface area contributed by atoms with Crippen LogP contribution in [-0.2, 0) is 14.4 Å². The second-order valence-electron chi connectivity index (χ2n) is 11.6. The van der Waals surface area contributed by atoms with Crippen molar-refractivity contribution in [2.75, 3.05) is 31.1 Å². The number of nitrogens with zero attached hydrogens (tertiary/aromatic N) is 4. The highest BCUT2D eigenvalue weighted by molar-refractivity contribution is 8.18. The molecule has 43 heavy (non-hydrogen) atoms. The van der Waals surface area contributed by atoms with E-state index in [1.54, 1.807) is 24.4 Å². The third kappa shape index (κ3) is 7.40. The van der Waals surface area contributed by atoms with Gasteiger partial charge in [-0.15, -0.1) is 0 Å². The largest absolute Gasteiger partial charge is 0.367 e. The van der Waals surface area contributed by atoms with E-state index >= 15 is 0 Å². The fraction of sp³-hybridized carbons (Fsp3) is 0.344. The summed E-state index contributed by atoms with van der Waals surface area (Å²) in [6.45, 7) is 8.36. The molecule has 0 bridgehead atoms. The number of hydrogen-bond donors (Lipinski definition) is 1. The number of thioether (sulfide) groups is 1. The zero-order valence-corrected chi connectivity index (χ0v) is 26.7. The average Bonchev–Trinajstić information content (AvgIpc) is 3.32. The van der Waals surface area contributed by atoms with Crippen LogP contribution in [0.4, 0.5) is 11.4 Å². The fourth-order valence-electron chi connectivity index (χ4n) is 4.97. The zero-order valence-electron chi connectivity index (χ0n) is 24.3. The summed E-state index contributed by atoms with van der Waals surface area (Å²) < 4.78 is 0. The summed E-state index contributed by atoms with van der Waals surface area (Å²) in [6, 6.07) is 13.0. The number of ketones is 1. The molecular formula is C32H33Cl2N5O3S. The number of aliphatic imine (C=N–C) groups is 1. The number of nitrogens with one attached hydrogen (secondary N) is 1. The van der Waals surface area contributed by atoms with Crippen LogP contribution in [0, 0.1) is 5.41 Å².